The number of amides is 1. The maximum Gasteiger partial charge on any atom is 0.238 e. The van der Waals surface area contributed by atoms with Gasteiger partial charge in [-0.05, 0) is 37.5 Å². The van der Waals surface area contributed by atoms with E-state index in [2.05, 4.69) is 10.6 Å². The number of nitrogens with one attached hydrogen (secondary N) is 2. The van der Waals surface area contributed by atoms with Crippen molar-refractivity contribution in [2.75, 3.05) is 23.9 Å². The van der Waals surface area contributed by atoms with Crippen LogP contribution in [-0.4, -0.2) is 30.5 Å². The number of para-hydroxylation sites is 1. The van der Waals surface area contributed by atoms with Gasteiger partial charge in [-0.2, -0.15) is 11.8 Å². The van der Waals surface area contributed by atoms with E-state index in [0.717, 1.165) is 24.3 Å². The smallest absolute Gasteiger partial charge is 0.238 e. The second-order valence-electron chi connectivity index (χ2n) is 4.21. The predicted octanol–water partition coefficient (Wildman–Crippen LogP) is 2.63. The molecule has 1 atom stereocenters. The minimum atomic E-state index is -0.774. The van der Waals surface area contributed by atoms with Gasteiger partial charge in [0.2, 0.25) is 5.91 Å². The first-order valence-corrected chi connectivity index (χ1v) is 7.40. The molecule has 0 aliphatic carbocycles. The molecule has 1 rings (SSSR count). The van der Waals surface area contributed by atoms with E-state index < -0.39 is 23.2 Å². The molecule has 1 unspecified atom stereocenters. The quantitative estimate of drug-likeness (QED) is 0.810. The standard InChI is InChI=1S/C13H18F2N2OS/c1-9(6-7-19-2)16-8-12(18)17-13-10(14)4-3-5-11(13)15/h3-5,9,16H,6-8H2,1-2H3,(H,17,18). The first kappa shape index (κ1) is 15.9. The van der Waals surface area contributed by atoms with Crippen molar-refractivity contribution in [3.05, 3.63) is 29.8 Å². The van der Waals surface area contributed by atoms with Gasteiger partial charge >= 0.3 is 0 Å². The lowest BCUT2D eigenvalue weighted by Gasteiger charge is -2.13. The molecule has 0 saturated carbocycles. The summed E-state index contributed by atoms with van der Waals surface area (Å²) in [5.74, 6) is -1.01. The van der Waals surface area contributed by atoms with Crippen LogP contribution in [0.2, 0.25) is 0 Å². The van der Waals surface area contributed by atoms with Gasteiger partial charge in [0.15, 0.2) is 0 Å². The van der Waals surface area contributed by atoms with Crippen LogP contribution >= 0.6 is 11.8 Å². The molecule has 106 valence electrons. The summed E-state index contributed by atoms with van der Waals surface area (Å²) in [5.41, 5.74) is -0.397. The van der Waals surface area contributed by atoms with Gasteiger partial charge in [0.05, 0.1) is 6.54 Å². The van der Waals surface area contributed by atoms with Crippen molar-refractivity contribution in [1.82, 2.24) is 5.32 Å². The summed E-state index contributed by atoms with van der Waals surface area (Å²) < 4.78 is 26.6. The molecule has 6 heteroatoms. The van der Waals surface area contributed by atoms with Crippen LogP contribution in [0, 0.1) is 11.6 Å². The fraction of sp³-hybridized carbons (Fsp3) is 0.462. The van der Waals surface area contributed by atoms with E-state index in [9.17, 15) is 13.6 Å². The Morgan fingerprint density at radius 1 is 1.37 bits per heavy atom. The Balaban J connectivity index is 2.43. The van der Waals surface area contributed by atoms with Crippen molar-refractivity contribution < 1.29 is 13.6 Å². The lowest BCUT2D eigenvalue weighted by Crippen LogP contribution is -2.35. The molecule has 0 fully saturated rings. The number of thioether (sulfide) groups is 1. The fourth-order valence-electron chi connectivity index (χ4n) is 1.46. The van der Waals surface area contributed by atoms with E-state index in [0.29, 0.717) is 0 Å². The Kier molecular flexibility index (Phi) is 6.80. The Morgan fingerprint density at radius 3 is 2.58 bits per heavy atom. The van der Waals surface area contributed by atoms with Gasteiger partial charge in [0.1, 0.15) is 17.3 Å². The Morgan fingerprint density at radius 2 is 2.00 bits per heavy atom. The molecule has 1 amide bonds. The molecule has 0 aromatic heterocycles. The van der Waals surface area contributed by atoms with Crippen LogP contribution in [0.25, 0.3) is 0 Å². The minimum absolute atomic E-state index is 0.0311. The van der Waals surface area contributed by atoms with E-state index in [1.165, 1.54) is 6.07 Å². The molecule has 2 N–H and O–H groups in total. The van der Waals surface area contributed by atoms with Crippen LogP contribution < -0.4 is 10.6 Å². The van der Waals surface area contributed by atoms with Crippen molar-refractivity contribution in [3.63, 3.8) is 0 Å². The highest BCUT2D eigenvalue weighted by atomic mass is 32.2. The van der Waals surface area contributed by atoms with Crippen molar-refractivity contribution in [2.24, 2.45) is 0 Å². The van der Waals surface area contributed by atoms with Gasteiger partial charge in [-0.25, -0.2) is 8.78 Å². The topological polar surface area (TPSA) is 41.1 Å². The van der Waals surface area contributed by atoms with Crippen LogP contribution in [0.15, 0.2) is 18.2 Å². The highest BCUT2D eigenvalue weighted by molar-refractivity contribution is 7.98. The molecule has 0 bridgehead atoms. The van der Waals surface area contributed by atoms with E-state index in [4.69, 9.17) is 0 Å². The zero-order valence-electron chi connectivity index (χ0n) is 11.0. The van der Waals surface area contributed by atoms with Crippen LogP contribution in [0.1, 0.15) is 13.3 Å². The fourth-order valence-corrected chi connectivity index (χ4v) is 2.05. The average Bonchev–Trinajstić information content (AvgIpc) is 2.38. The number of carbonyl (C=O) groups is 1. The van der Waals surface area contributed by atoms with Gasteiger partial charge in [-0.1, -0.05) is 6.07 Å². The third-order valence-electron chi connectivity index (χ3n) is 2.59. The molecular formula is C13H18F2N2OS. The van der Waals surface area contributed by atoms with E-state index in [1.54, 1.807) is 11.8 Å². The van der Waals surface area contributed by atoms with Crippen LogP contribution in [0.3, 0.4) is 0 Å². The van der Waals surface area contributed by atoms with Gasteiger partial charge in [0.25, 0.3) is 0 Å². The molecule has 19 heavy (non-hydrogen) atoms. The molecule has 1 aromatic rings. The van der Waals surface area contributed by atoms with Crippen molar-refractivity contribution in [2.45, 2.75) is 19.4 Å². The second-order valence-corrected chi connectivity index (χ2v) is 5.19. The Labute approximate surface area is 116 Å². The third-order valence-corrected chi connectivity index (χ3v) is 3.24. The lowest BCUT2D eigenvalue weighted by molar-refractivity contribution is -0.115. The normalized spacial score (nSPS) is 12.2. The van der Waals surface area contributed by atoms with Gasteiger partial charge in [-0.15, -0.1) is 0 Å². The SMILES string of the molecule is CSCCC(C)NCC(=O)Nc1c(F)cccc1F. The molecule has 1 aromatic carbocycles. The molecule has 3 nitrogen and oxygen atoms in total. The van der Waals surface area contributed by atoms with Crippen LogP contribution in [-0.2, 0) is 4.79 Å². The summed E-state index contributed by atoms with van der Waals surface area (Å²) in [4.78, 5) is 11.6. The Bertz CT molecular complexity index is 409. The first-order valence-electron chi connectivity index (χ1n) is 6.00. The van der Waals surface area contributed by atoms with Gasteiger partial charge < -0.3 is 10.6 Å². The zero-order chi connectivity index (χ0) is 14.3. The zero-order valence-corrected chi connectivity index (χ0v) is 11.8. The number of hydrogen-bond donors (Lipinski definition) is 2. The van der Waals surface area contributed by atoms with Crippen molar-refractivity contribution in [3.8, 4) is 0 Å². The summed E-state index contributed by atoms with van der Waals surface area (Å²) in [7, 11) is 0. The second kappa shape index (κ2) is 8.12. The van der Waals surface area contributed by atoms with Crippen LogP contribution in [0.4, 0.5) is 14.5 Å². The van der Waals surface area contributed by atoms with Gasteiger partial charge in [-0.3, -0.25) is 4.79 Å². The number of rotatable bonds is 7. The van der Waals surface area contributed by atoms with E-state index in [1.807, 2.05) is 13.2 Å². The predicted molar refractivity (Wildman–Crippen MR) is 75.5 cm³/mol. The highest BCUT2D eigenvalue weighted by Gasteiger charge is 2.12. The summed E-state index contributed by atoms with van der Waals surface area (Å²) in [6, 6.07) is 3.65. The molecule has 0 radical (unpaired) electrons. The molecular weight excluding hydrogens is 270 g/mol. The number of benzene rings is 1. The molecule has 0 aliphatic heterocycles. The molecule has 0 aliphatic rings. The summed E-state index contributed by atoms with van der Waals surface area (Å²) >= 11 is 1.73. The molecule has 0 spiro atoms. The van der Waals surface area contributed by atoms with Crippen molar-refractivity contribution in [1.29, 1.82) is 0 Å². The van der Waals surface area contributed by atoms with Crippen LogP contribution in [0.5, 0.6) is 0 Å². The largest absolute Gasteiger partial charge is 0.320 e. The summed E-state index contributed by atoms with van der Waals surface area (Å²) in [6.45, 7) is 2.00. The highest BCUT2D eigenvalue weighted by Crippen LogP contribution is 2.17. The lowest BCUT2D eigenvalue weighted by atomic mass is 10.2. The van der Waals surface area contributed by atoms with E-state index in [-0.39, 0.29) is 12.6 Å². The maximum atomic E-state index is 13.3. The number of carbonyl (C=O) groups excluding carboxylic acids is 1. The summed E-state index contributed by atoms with van der Waals surface area (Å²) in [5, 5.41) is 5.24. The third kappa shape index (κ3) is 5.57. The number of anilines is 1. The molecule has 0 saturated heterocycles. The number of halogens is 2. The number of hydrogen-bond acceptors (Lipinski definition) is 3. The Hall–Kier alpha value is -1.14. The minimum Gasteiger partial charge on any atom is -0.320 e. The first-order chi connectivity index (χ1) is 9.04. The van der Waals surface area contributed by atoms with Crippen molar-refractivity contribution >= 4 is 23.4 Å². The van der Waals surface area contributed by atoms with Gasteiger partial charge in [0, 0.05) is 6.04 Å². The monoisotopic (exact) mass is 288 g/mol. The maximum absolute atomic E-state index is 13.3. The van der Waals surface area contributed by atoms with E-state index >= 15 is 0 Å². The molecule has 0 heterocycles. The summed E-state index contributed by atoms with van der Waals surface area (Å²) in [6.07, 6.45) is 2.95. The average molecular weight is 288 g/mol.